The van der Waals surface area contributed by atoms with Crippen LogP contribution in [0.3, 0.4) is 0 Å². The highest BCUT2D eigenvalue weighted by atomic mass is 79.9. The Labute approximate surface area is 112 Å². The number of anilines is 1. The van der Waals surface area contributed by atoms with Gasteiger partial charge in [-0.05, 0) is 40.0 Å². The number of hydrogen-bond donors (Lipinski definition) is 2. The number of halogens is 4. The third-order valence-electron chi connectivity index (χ3n) is 2.57. The monoisotopic (exact) mass is 325 g/mol. The maximum atomic E-state index is 12.4. The first-order chi connectivity index (χ1) is 8.21. The molecule has 0 aliphatic heterocycles. The molecule has 0 aliphatic rings. The number of rotatable bonds is 4. The van der Waals surface area contributed by atoms with Gasteiger partial charge in [0.25, 0.3) is 0 Å². The molecule has 6 heteroatoms. The van der Waals surface area contributed by atoms with E-state index in [0.717, 1.165) is 12.1 Å². The van der Waals surface area contributed by atoms with Crippen LogP contribution in [-0.2, 0) is 6.18 Å². The average molecular weight is 326 g/mol. The van der Waals surface area contributed by atoms with Crippen molar-refractivity contribution in [2.45, 2.75) is 26.1 Å². The van der Waals surface area contributed by atoms with Gasteiger partial charge in [0, 0.05) is 16.7 Å². The van der Waals surface area contributed by atoms with E-state index in [1.165, 1.54) is 6.07 Å². The van der Waals surface area contributed by atoms with Crippen molar-refractivity contribution in [3.05, 3.63) is 28.2 Å². The molecule has 0 aliphatic carbocycles. The van der Waals surface area contributed by atoms with Crippen molar-refractivity contribution >= 4 is 21.6 Å². The van der Waals surface area contributed by atoms with E-state index in [-0.39, 0.29) is 5.92 Å². The van der Waals surface area contributed by atoms with Crippen LogP contribution in [0.5, 0.6) is 0 Å². The lowest BCUT2D eigenvalue weighted by molar-refractivity contribution is -0.137. The summed E-state index contributed by atoms with van der Waals surface area (Å²) in [6.07, 6.45) is -4.89. The Morgan fingerprint density at radius 2 is 1.94 bits per heavy atom. The molecule has 1 aromatic rings. The second-order valence-electron chi connectivity index (χ2n) is 4.38. The molecular weight excluding hydrogens is 311 g/mol. The normalized spacial score (nSPS) is 13.8. The molecule has 0 aromatic heterocycles. The first-order valence-electron chi connectivity index (χ1n) is 5.50. The smallest absolute Gasteiger partial charge is 0.391 e. The highest BCUT2D eigenvalue weighted by molar-refractivity contribution is 9.10. The fourth-order valence-corrected chi connectivity index (χ4v) is 1.80. The zero-order valence-corrected chi connectivity index (χ0v) is 11.6. The summed E-state index contributed by atoms with van der Waals surface area (Å²) in [5.41, 5.74) is -0.174. The van der Waals surface area contributed by atoms with E-state index in [1.54, 1.807) is 0 Å². The first kappa shape index (κ1) is 15.3. The van der Waals surface area contributed by atoms with Crippen LogP contribution in [-0.4, -0.2) is 17.8 Å². The third-order valence-corrected chi connectivity index (χ3v) is 3.22. The number of nitrogens with one attached hydrogen (secondary N) is 1. The van der Waals surface area contributed by atoms with E-state index in [0.29, 0.717) is 16.7 Å². The summed E-state index contributed by atoms with van der Waals surface area (Å²) in [4.78, 5) is 0. The zero-order chi connectivity index (χ0) is 13.9. The predicted octanol–water partition coefficient (Wildman–Crippen LogP) is 3.90. The third kappa shape index (κ3) is 4.17. The standard InChI is InChI=1S/C12H15BrF3NO/c1-7(2)11(18)6-17-10-4-3-8(5-9(10)13)12(14,15)16/h3-5,7,11,17-18H,6H2,1-2H3. The minimum atomic E-state index is -4.35. The maximum Gasteiger partial charge on any atom is 0.416 e. The van der Waals surface area contributed by atoms with Crippen LogP contribution >= 0.6 is 15.9 Å². The van der Waals surface area contributed by atoms with Gasteiger partial charge in [0.15, 0.2) is 0 Å². The summed E-state index contributed by atoms with van der Waals surface area (Å²) in [7, 11) is 0. The molecule has 1 aromatic carbocycles. The van der Waals surface area contributed by atoms with Crippen LogP contribution in [0.2, 0.25) is 0 Å². The molecule has 1 rings (SSSR count). The molecule has 0 amide bonds. The Hall–Kier alpha value is -0.750. The first-order valence-corrected chi connectivity index (χ1v) is 6.29. The largest absolute Gasteiger partial charge is 0.416 e. The van der Waals surface area contributed by atoms with E-state index >= 15 is 0 Å². The predicted molar refractivity (Wildman–Crippen MR) is 68.5 cm³/mol. The van der Waals surface area contributed by atoms with Crippen molar-refractivity contribution < 1.29 is 18.3 Å². The molecule has 0 fully saturated rings. The van der Waals surface area contributed by atoms with Gasteiger partial charge in [0.05, 0.1) is 11.7 Å². The Bertz CT molecular complexity index is 407. The Balaban J connectivity index is 2.75. The molecule has 1 unspecified atom stereocenters. The number of aliphatic hydroxyl groups is 1. The van der Waals surface area contributed by atoms with Gasteiger partial charge in [0.2, 0.25) is 0 Å². The molecule has 0 saturated heterocycles. The van der Waals surface area contributed by atoms with E-state index in [9.17, 15) is 18.3 Å². The van der Waals surface area contributed by atoms with Crippen LogP contribution in [0.15, 0.2) is 22.7 Å². The molecule has 2 N–H and O–H groups in total. The molecule has 102 valence electrons. The second kappa shape index (κ2) is 5.93. The molecular formula is C12H15BrF3NO. The number of aliphatic hydroxyl groups excluding tert-OH is 1. The molecule has 2 nitrogen and oxygen atoms in total. The molecule has 18 heavy (non-hydrogen) atoms. The average Bonchev–Trinajstić information content (AvgIpc) is 2.25. The van der Waals surface area contributed by atoms with Gasteiger partial charge in [-0.2, -0.15) is 13.2 Å². The Morgan fingerprint density at radius 1 is 1.33 bits per heavy atom. The number of hydrogen-bond acceptors (Lipinski definition) is 2. The molecule has 0 bridgehead atoms. The van der Waals surface area contributed by atoms with Crippen molar-refractivity contribution in [2.24, 2.45) is 5.92 Å². The lowest BCUT2D eigenvalue weighted by Crippen LogP contribution is -2.24. The molecule has 0 saturated carbocycles. The fraction of sp³-hybridized carbons (Fsp3) is 0.500. The highest BCUT2D eigenvalue weighted by Crippen LogP contribution is 2.33. The summed E-state index contributed by atoms with van der Waals surface area (Å²) < 4.78 is 37.6. The molecule has 0 spiro atoms. The van der Waals surface area contributed by atoms with E-state index < -0.39 is 17.8 Å². The summed E-state index contributed by atoms with van der Waals surface area (Å²) >= 11 is 3.08. The number of alkyl halides is 3. The summed E-state index contributed by atoms with van der Waals surface area (Å²) in [5.74, 6) is 0.0886. The van der Waals surface area contributed by atoms with Gasteiger partial charge in [0.1, 0.15) is 0 Å². The van der Waals surface area contributed by atoms with Crippen LogP contribution in [0.1, 0.15) is 19.4 Å². The van der Waals surface area contributed by atoms with Gasteiger partial charge in [-0.15, -0.1) is 0 Å². The van der Waals surface area contributed by atoms with Crippen molar-refractivity contribution in [3.8, 4) is 0 Å². The van der Waals surface area contributed by atoms with Crippen LogP contribution in [0.4, 0.5) is 18.9 Å². The van der Waals surface area contributed by atoms with Crippen LogP contribution < -0.4 is 5.32 Å². The summed E-state index contributed by atoms with van der Waals surface area (Å²) in [6, 6.07) is 3.37. The minimum Gasteiger partial charge on any atom is -0.391 e. The highest BCUT2D eigenvalue weighted by Gasteiger charge is 2.30. The van der Waals surface area contributed by atoms with Gasteiger partial charge < -0.3 is 10.4 Å². The van der Waals surface area contributed by atoms with Crippen LogP contribution in [0.25, 0.3) is 0 Å². The van der Waals surface area contributed by atoms with Crippen LogP contribution in [0, 0.1) is 5.92 Å². The SMILES string of the molecule is CC(C)C(O)CNc1ccc(C(F)(F)F)cc1Br. The van der Waals surface area contributed by atoms with Crippen molar-refractivity contribution in [1.29, 1.82) is 0 Å². The van der Waals surface area contributed by atoms with E-state index in [2.05, 4.69) is 21.2 Å². The molecule has 1 atom stereocenters. The number of benzene rings is 1. The molecule has 0 heterocycles. The van der Waals surface area contributed by atoms with E-state index in [1.807, 2.05) is 13.8 Å². The van der Waals surface area contributed by atoms with Gasteiger partial charge in [-0.25, -0.2) is 0 Å². The Kier molecular flexibility index (Phi) is 5.04. The van der Waals surface area contributed by atoms with Crippen molar-refractivity contribution in [2.75, 3.05) is 11.9 Å². The Morgan fingerprint density at radius 3 is 2.39 bits per heavy atom. The van der Waals surface area contributed by atoms with Gasteiger partial charge in [-0.3, -0.25) is 0 Å². The van der Waals surface area contributed by atoms with Gasteiger partial charge >= 0.3 is 6.18 Å². The zero-order valence-electron chi connectivity index (χ0n) is 10.1. The summed E-state index contributed by atoms with van der Waals surface area (Å²) in [6.45, 7) is 4.03. The van der Waals surface area contributed by atoms with Crippen molar-refractivity contribution in [1.82, 2.24) is 0 Å². The summed E-state index contributed by atoms with van der Waals surface area (Å²) in [5, 5.41) is 12.5. The fourth-order valence-electron chi connectivity index (χ4n) is 1.29. The van der Waals surface area contributed by atoms with Crippen molar-refractivity contribution in [3.63, 3.8) is 0 Å². The van der Waals surface area contributed by atoms with E-state index in [4.69, 9.17) is 0 Å². The lowest BCUT2D eigenvalue weighted by atomic mass is 10.1. The lowest BCUT2D eigenvalue weighted by Gasteiger charge is -2.17. The molecule has 0 radical (unpaired) electrons. The topological polar surface area (TPSA) is 32.3 Å². The quantitative estimate of drug-likeness (QED) is 0.880. The maximum absolute atomic E-state index is 12.4. The minimum absolute atomic E-state index is 0.0886. The van der Waals surface area contributed by atoms with Gasteiger partial charge in [-0.1, -0.05) is 13.8 Å². The second-order valence-corrected chi connectivity index (χ2v) is 5.24.